The van der Waals surface area contributed by atoms with Crippen molar-refractivity contribution in [3.8, 4) is 11.5 Å². The minimum absolute atomic E-state index is 0.0222. The monoisotopic (exact) mass is 493 g/mol. The van der Waals surface area contributed by atoms with Gasteiger partial charge in [0.2, 0.25) is 11.8 Å². The van der Waals surface area contributed by atoms with E-state index in [4.69, 9.17) is 21.2 Å². The summed E-state index contributed by atoms with van der Waals surface area (Å²) >= 11 is 5.38. The number of oxazole rings is 1. The molecule has 5 rings (SSSR count). The van der Waals surface area contributed by atoms with Crippen LogP contribution in [0.25, 0.3) is 22.6 Å². The van der Waals surface area contributed by atoms with Crippen molar-refractivity contribution in [3.63, 3.8) is 0 Å². The number of aromatic amines is 1. The molecule has 2 aromatic heterocycles. The Morgan fingerprint density at radius 2 is 1.94 bits per heavy atom. The summed E-state index contributed by atoms with van der Waals surface area (Å²) in [7, 11) is 3.15. The lowest BCUT2D eigenvalue weighted by atomic mass is 10.1. The quantitative estimate of drug-likeness (QED) is 0.306. The van der Waals surface area contributed by atoms with Crippen molar-refractivity contribution < 1.29 is 23.2 Å². The third-order valence-corrected chi connectivity index (χ3v) is 6.36. The minimum Gasteiger partial charge on any atom is -0.436 e. The number of para-hydroxylation sites is 2. The first-order chi connectivity index (χ1) is 16.8. The van der Waals surface area contributed by atoms with Gasteiger partial charge in [0.25, 0.3) is 5.91 Å². The second-order valence-corrected chi connectivity index (χ2v) is 8.49. The van der Waals surface area contributed by atoms with Gasteiger partial charge in [-0.25, -0.2) is 9.78 Å². The van der Waals surface area contributed by atoms with Crippen molar-refractivity contribution in [2.45, 2.75) is 19.0 Å². The fourth-order valence-corrected chi connectivity index (χ4v) is 4.21. The Hall–Kier alpha value is -4.32. The number of rotatable bonds is 6. The number of hydrogen-bond donors (Lipinski definition) is 2. The third-order valence-electron chi connectivity index (χ3n) is 5.85. The van der Waals surface area contributed by atoms with Gasteiger partial charge < -0.3 is 14.6 Å². The van der Waals surface area contributed by atoms with E-state index < -0.39 is 11.7 Å². The highest BCUT2D eigenvalue weighted by molar-refractivity contribution is 7.80. The predicted molar refractivity (Wildman–Crippen MR) is 128 cm³/mol. The number of aryl methyl sites for hydroxylation is 1. The van der Waals surface area contributed by atoms with Gasteiger partial charge in [-0.3, -0.25) is 19.0 Å². The van der Waals surface area contributed by atoms with Crippen LogP contribution in [0.5, 0.6) is 0 Å². The normalized spacial score (nSPS) is 15.9. The van der Waals surface area contributed by atoms with E-state index in [0.717, 1.165) is 11.1 Å². The lowest BCUT2D eigenvalue weighted by molar-refractivity contribution is -0.746. The number of thiocarbonyl (C=S) groups is 1. The number of hydrogen-bond acceptors (Lipinski definition) is 7. The fourth-order valence-electron chi connectivity index (χ4n) is 3.92. The van der Waals surface area contributed by atoms with E-state index in [9.17, 15) is 14.4 Å². The van der Waals surface area contributed by atoms with Gasteiger partial charge in [-0.2, -0.15) is 0 Å². The molecule has 1 saturated heterocycles. The van der Waals surface area contributed by atoms with Gasteiger partial charge in [0.1, 0.15) is 18.1 Å². The average Bonchev–Trinajstić information content (AvgIpc) is 3.48. The molecule has 4 aromatic rings. The van der Waals surface area contributed by atoms with Crippen molar-refractivity contribution >= 4 is 45.9 Å². The van der Waals surface area contributed by atoms with Gasteiger partial charge in [-0.05, 0) is 53.9 Å². The molecular formula is C23H21N6O5S+. The minimum atomic E-state index is -0.846. The van der Waals surface area contributed by atoms with Gasteiger partial charge >= 0.3 is 11.3 Å². The SMILES string of the molecule is CN1C(=O)C(CC(=O)Nc2ccc(-c3nc4ccccc4o3)cc2)N(Cc2c(=O)o[nH][n+]2C)C1=S. The van der Waals surface area contributed by atoms with E-state index in [1.54, 1.807) is 43.3 Å². The molecule has 11 nitrogen and oxygen atoms in total. The standard InChI is InChI=1S/C23H20N6O5S/c1-27-21(31)16(29(23(27)35)12-17-22(32)34-26-28(17)2)11-19(30)24-14-9-7-13(8-10-14)20-25-15-5-3-4-6-18(15)33-20/h3-10,16H,11-12H2,1-2H3,(H-,24,25,26,30,32)/p+1. The van der Waals surface area contributed by atoms with E-state index in [2.05, 4.69) is 15.6 Å². The van der Waals surface area contributed by atoms with Crippen molar-refractivity contribution in [1.82, 2.24) is 20.1 Å². The van der Waals surface area contributed by atoms with Gasteiger partial charge in [0, 0.05) is 18.3 Å². The van der Waals surface area contributed by atoms with Crippen LogP contribution < -0.4 is 15.6 Å². The first-order valence-corrected chi connectivity index (χ1v) is 11.1. The van der Waals surface area contributed by atoms with Crippen LogP contribution in [0.4, 0.5) is 5.69 Å². The molecule has 1 aliphatic heterocycles. The molecule has 3 heterocycles. The fraction of sp³-hybridized carbons (Fsp3) is 0.217. The smallest absolute Gasteiger partial charge is 0.431 e. The summed E-state index contributed by atoms with van der Waals surface area (Å²) < 4.78 is 12.0. The Balaban J connectivity index is 1.29. The summed E-state index contributed by atoms with van der Waals surface area (Å²) in [5.41, 5.74) is 2.48. The van der Waals surface area contributed by atoms with Crippen molar-refractivity contribution in [2.75, 3.05) is 12.4 Å². The molecule has 178 valence electrons. The Morgan fingerprint density at radius 3 is 2.63 bits per heavy atom. The highest BCUT2D eigenvalue weighted by atomic mass is 32.1. The summed E-state index contributed by atoms with van der Waals surface area (Å²) in [5, 5.41) is 5.47. The number of carbonyl (C=O) groups excluding carboxylic acids is 2. The first-order valence-electron chi connectivity index (χ1n) is 10.7. The molecule has 1 fully saturated rings. The highest BCUT2D eigenvalue weighted by Gasteiger charge is 2.43. The molecular weight excluding hydrogens is 472 g/mol. The molecule has 0 saturated carbocycles. The number of benzene rings is 2. The van der Waals surface area contributed by atoms with Gasteiger partial charge in [-0.1, -0.05) is 16.8 Å². The van der Waals surface area contributed by atoms with Crippen LogP contribution in [0.2, 0.25) is 0 Å². The largest absolute Gasteiger partial charge is 0.436 e. The molecule has 1 aliphatic rings. The van der Waals surface area contributed by atoms with Gasteiger partial charge in [0.05, 0.1) is 6.42 Å². The Bertz CT molecular complexity index is 1470. The second-order valence-electron chi connectivity index (χ2n) is 8.13. The Labute approximate surface area is 203 Å². The van der Waals surface area contributed by atoms with Crippen LogP contribution in [0, 0.1) is 0 Å². The molecule has 2 aromatic carbocycles. The van der Waals surface area contributed by atoms with Crippen LogP contribution in [0.15, 0.2) is 62.3 Å². The topological polar surface area (TPSA) is 129 Å². The predicted octanol–water partition coefficient (Wildman–Crippen LogP) is 1.56. The van der Waals surface area contributed by atoms with E-state index in [0.29, 0.717) is 17.2 Å². The number of carbonyl (C=O) groups is 2. The zero-order valence-corrected chi connectivity index (χ0v) is 19.7. The molecule has 12 heteroatoms. The zero-order valence-electron chi connectivity index (χ0n) is 18.8. The highest BCUT2D eigenvalue weighted by Crippen LogP contribution is 2.26. The molecule has 1 atom stereocenters. The van der Waals surface area contributed by atoms with E-state index in [-0.39, 0.29) is 35.6 Å². The zero-order chi connectivity index (χ0) is 24.7. The van der Waals surface area contributed by atoms with Crippen LogP contribution in [0.1, 0.15) is 12.1 Å². The van der Waals surface area contributed by atoms with Crippen LogP contribution in [0.3, 0.4) is 0 Å². The summed E-state index contributed by atoms with van der Waals surface area (Å²) in [6.45, 7) is 0.0222. The number of amides is 2. The maximum absolute atomic E-state index is 12.8. The summed E-state index contributed by atoms with van der Waals surface area (Å²) in [6.07, 6.45) is -0.143. The van der Waals surface area contributed by atoms with E-state index in [1.165, 1.54) is 9.58 Å². The molecule has 2 amide bonds. The lowest BCUT2D eigenvalue weighted by Gasteiger charge is -2.21. The number of H-pyrrole nitrogens is 1. The number of anilines is 1. The Morgan fingerprint density at radius 1 is 1.20 bits per heavy atom. The van der Waals surface area contributed by atoms with Crippen molar-refractivity contribution in [3.05, 3.63) is 64.6 Å². The lowest BCUT2D eigenvalue weighted by Crippen LogP contribution is -2.44. The van der Waals surface area contributed by atoms with Crippen molar-refractivity contribution in [2.24, 2.45) is 7.05 Å². The second kappa shape index (κ2) is 8.80. The molecule has 1 unspecified atom stereocenters. The van der Waals surface area contributed by atoms with Crippen LogP contribution in [-0.2, 0) is 23.2 Å². The number of nitrogens with one attached hydrogen (secondary N) is 2. The third kappa shape index (κ3) is 4.19. The maximum Gasteiger partial charge on any atom is 0.431 e. The molecule has 2 N–H and O–H groups in total. The first kappa shape index (κ1) is 22.5. The van der Waals surface area contributed by atoms with E-state index in [1.807, 2.05) is 24.3 Å². The molecule has 0 bridgehead atoms. The molecule has 0 spiro atoms. The number of aromatic nitrogens is 3. The molecule has 0 radical (unpaired) electrons. The summed E-state index contributed by atoms with van der Waals surface area (Å²) in [6, 6.07) is 13.7. The summed E-state index contributed by atoms with van der Waals surface area (Å²) in [5.74, 6) is -0.208. The molecule has 35 heavy (non-hydrogen) atoms. The van der Waals surface area contributed by atoms with E-state index >= 15 is 0 Å². The number of fused-ring (bicyclic) bond motifs is 1. The van der Waals surface area contributed by atoms with Crippen LogP contribution in [-0.4, -0.2) is 50.1 Å². The van der Waals surface area contributed by atoms with Crippen LogP contribution >= 0.6 is 12.2 Å². The number of nitrogens with zero attached hydrogens (tertiary/aromatic N) is 4. The maximum atomic E-state index is 12.8. The Kier molecular flexibility index (Phi) is 5.65. The molecule has 0 aliphatic carbocycles. The summed E-state index contributed by atoms with van der Waals surface area (Å²) in [4.78, 5) is 44.9. The number of likely N-dealkylation sites (N-methyl/N-ethyl adjacent to an activating group) is 1. The van der Waals surface area contributed by atoms with Gasteiger partial charge in [0.15, 0.2) is 17.7 Å². The average molecular weight is 494 g/mol. The van der Waals surface area contributed by atoms with Gasteiger partial charge in [-0.15, -0.1) is 0 Å². The van der Waals surface area contributed by atoms with Crippen molar-refractivity contribution in [1.29, 1.82) is 0 Å².